The molecule has 0 bridgehead atoms. The van der Waals surface area contributed by atoms with Crippen molar-refractivity contribution < 1.29 is 14.7 Å². The number of aromatic nitrogens is 1. The minimum atomic E-state index is -1.12. The summed E-state index contributed by atoms with van der Waals surface area (Å²) in [5.41, 5.74) is 0.0167. The number of carboxylic acid groups (broad SMARTS) is 1. The minimum Gasteiger partial charge on any atom is -0.480 e. The number of H-pyrrole nitrogens is 1. The smallest absolute Gasteiger partial charge is 0.326 e. The van der Waals surface area contributed by atoms with Gasteiger partial charge < -0.3 is 15.4 Å². The molecule has 0 aliphatic rings. The van der Waals surface area contributed by atoms with Crippen molar-refractivity contribution in [3.63, 3.8) is 0 Å². The third kappa shape index (κ3) is 3.19. The number of aliphatic carboxylic acids is 1. The van der Waals surface area contributed by atoms with Gasteiger partial charge in [-0.3, -0.25) is 9.59 Å². The van der Waals surface area contributed by atoms with Crippen LogP contribution in [0.15, 0.2) is 16.9 Å². The monoisotopic (exact) mass is 252 g/mol. The zero-order valence-corrected chi connectivity index (χ0v) is 10.5. The SMILES string of the molecule is Cc1ccc(C(=O)N[C@H](C(=O)O)C(C)C)c(=O)[nH]1. The van der Waals surface area contributed by atoms with Crippen LogP contribution in [0, 0.1) is 12.8 Å². The van der Waals surface area contributed by atoms with E-state index in [1.165, 1.54) is 6.07 Å². The third-order valence-corrected chi connectivity index (χ3v) is 2.52. The lowest BCUT2D eigenvalue weighted by atomic mass is 10.0. The van der Waals surface area contributed by atoms with Gasteiger partial charge in [0, 0.05) is 5.69 Å². The largest absolute Gasteiger partial charge is 0.480 e. The Kier molecular flexibility index (Phi) is 4.25. The average molecular weight is 252 g/mol. The minimum absolute atomic E-state index is 0.0903. The molecule has 0 radical (unpaired) electrons. The van der Waals surface area contributed by atoms with Gasteiger partial charge in [-0.05, 0) is 25.0 Å². The molecule has 0 saturated carbocycles. The second-order valence-electron chi connectivity index (χ2n) is 4.42. The van der Waals surface area contributed by atoms with Crippen molar-refractivity contribution in [2.24, 2.45) is 5.92 Å². The van der Waals surface area contributed by atoms with E-state index >= 15 is 0 Å². The summed E-state index contributed by atoms with van der Waals surface area (Å²) in [7, 11) is 0. The molecule has 1 atom stereocenters. The molecule has 6 heteroatoms. The maximum Gasteiger partial charge on any atom is 0.326 e. The highest BCUT2D eigenvalue weighted by atomic mass is 16.4. The summed E-state index contributed by atoms with van der Waals surface area (Å²) < 4.78 is 0. The lowest BCUT2D eigenvalue weighted by Gasteiger charge is -2.17. The van der Waals surface area contributed by atoms with Crippen molar-refractivity contribution in [1.82, 2.24) is 10.3 Å². The Morgan fingerprint density at radius 2 is 1.94 bits per heavy atom. The average Bonchev–Trinajstić information content (AvgIpc) is 2.24. The van der Waals surface area contributed by atoms with Crippen molar-refractivity contribution in [3.8, 4) is 0 Å². The molecule has 0 aliphatic heterocycles. The zero-order chi connectivity index (χ0) is 13.9. The van der Waals surface area contributed by atoms with Crippen LogP contribution >= 0.6 is 0 Å². The van der Waals surface area contributed by atoms with Crippen molar-refractivity contribution in [2.75, 3.05) is 0 Å². The molecule has 0 aliphatic carbocycles. The fourth-order valence-corrected chi connectivity index (χ4v) is 1.48. The number of nitrogens with one attached hydrogen (secondary N) is 2. The van der Waals surface area contributed by atoms with Crippen LogP contribution in [0.25, 0.3) is 0 Å². The topological polar surface area (TPSA) is 99.3 Å². The zero-order valence-electron chi connectivity index (χ0n) is 10.5. The van der Waals surface area contributed by atoms with Gasteiger partial charge in [0.2, 0.25) is 0 Å². The standard InChI is InChI=1S/C12H16N2O4/c1-6(2)9(12(17)18)14-11(16)8-5-4-7(3)13-10(8)15/h4-6,9H,1-3H3,(H,13,15)(H,14,16)(H,17,18)/t9-/m0/s1. The highest BCUT2D eigenvalue weighted by Gasteiger charge is 2.24. The second-order valence-corrected chi connectivity index (χ2v) is 4.42. The van der Waals surface area contributed by atoms with Crippen LogP contribution in [0.3, 0.4) is 0 Å². The number of carboxylic acids is 1. The van der Waals surface area contributed by atoms with E-state index in [0.29, 0.717) is 5.69 Å². The van der Waals surface area contributed by atoms with E-state index in [9.17, 15) is 14.4 Å². The third-order valence-electron chi connectivity index (χ3n) is 2.52. The van der Waals surface area contributed by atoms with Gasteiger partial charge in [0.05, 0.1) is 0 Å². The van der Waals surface area contributed by atoms with Crippen molar-refractivity contribution in [2.45, 2.75) is 26.8 Å². The molecule has 0 spiro atoms. The fourth-order valence-electron chi connectivity index (χ4n) is 1.48. The first kappa shape index (κ1) is 14.0. The van der Waals surface area contributed by atoms with E-state index in [1.807, 2.05) is 0 Å². The number of aryl methyl sites for hydroxylation is 1. The fraction of sp³-hybridized carbons (Fsp3) is 0.417. The number of amides is 1. The number of pyridine rings is 1. The number of rotatable bonds is 4. The lowest BCUT2D eigenvalue weighted by molar-refractivity contribution is -0.140. The Balaban J connectivity index is 2.94. The number of carbonyl (C=O) groups is 2. The molecule has 1 aromatic rings. The lowest BCUT2D eigenvalue weighted by Crippen LogP contribution is -2.45. The molecule has 0 fully saturated rings. The molecule has 1 amide bonds. The molecule has 3 N–H and O–H groups in total. The van der Waals surface area contributed by atoms with E-state index in [0.717, 1.165) is 0 Å². The summed E-state index contributed by atoms with van der Waals surface area (Å²) in [6.07, 6.45) is 0. The van der Waals surface area contributed by atoms with E-state index in [1.54, 1.807) is 26.8 Å². The van der Waals surface area contributed by atoms with Gasteiger partial charge in [0.15, 0.2) is 0 Å². The summed E-state index contributed by atoms with van der Waals surface area (Å²) in [5, 5.41) is 11.3. The Hall–Kier alpha value is -2.11. The van der Waals surface area contributed by atoms with Crippen LogP contribution in [0.2, 0.25) is 0 Å². The molecule has 1 heterocycles. The number of hydrogen-bond donors (Lipinski definition) is 3. The summed E-state index contributed by atoms with van der Waals surface area (Å²) in [6.45, 7) is 5.05. The van der Waals surface area contributed by atoms with Gasteiger partial charge in [-0.1, -0.05) is 13.8 Å². The van der Waals surface area contributed by atoms with Crippen molar-refractivity contribution >= 4 is 11.9 Å². The highest BCUT2D eigenvalue weighted by molar-refractivity contribution is 5.96. The second kappa shape index (κ2) is 5.48. The van der Waals surface area contributed by atoms with Crippen LogP contribution in [0.1, 0.15) is 29.9 Å². The van der Waals surface area contributed by atoms with E-state index < -0.39 is 23.5 Å². The summed E-state index contributed by atoms with van der Waals surface area (Å²) in [5.74, 6) is -2.07. The van der Waals surface area contributed by atoms with Crippen LogP contribution in [0.5, 0.6) is 0 Å². The van der Waals surface area contributed by atoms with Gasteiger partial charge in [0.25, 0.3) is 11.5 Å². The Morgan fingerprint density at radius 3 is 2.39 bits per heavy atom. The van der Waals surface area contributed by atoms with Crippen LogP contribution in [-0.4, -0.2) is 28.0 Å². The van der Waals surface area contributed by atoms with Gasteiger partial charge in [-0.2, -0.15) is 0 Å². The van der Waals surface area contributed by atoms with Gasteiger partial charge in [0.1, 0.15) is 11.6 Å². The maximum absolute atomic E-state index is 11.8. The number of aromatic amines is 1. The first-order valence-electron chi connectivity index (χ1n) is 5.56. The van der Waals surface area contributed by atoms with E-state index in [-0.39, 0.29) is 11.5 Å². The predicted octanol–water partition coefficient (Wildman–Crippen LogP) is 0.522. The molecule has 0 unspecified atom stereocenters. The normalized spacial score (nSPS) is 12.2. The Morgan fingerprint density at radius 1 is 1.33 bits per heavy atom. The Labute approximate surface area is 104 Å². The molecule has 98 valence electrons. The Bertz CT molecular complexity index is 519. The first-order chi connectivity index (χ1) is 8.32. The van der Waals surface area contributed by atoms with Crippen LogP contribution in [-0.2, 0) is 4.79 Å². The highest BCUT2D eigenvalue weighted by Crippen LogP contribution is 2.03. The van der Waals surface area contributed by atoms with E-state index in [2.05, 4.69) is 10.3 Å². The van der Waals surface area contributed by atoms with Crippen molar-refractivity contribution in [1.29, 1.82) is 0 Å². The summed E-state index contributed by atoms with van der Waals surface area (Å²) in [6, 6.07) is 1.95. The predicted molar refractivity (Wildman–Crippen MR) is 65.5 cm³/mol. The first-order valence-corrected chi connectivity index (χ1v) is 5.56. The van der Waals surface area contributed by atoms with Gasteiger partial charge >= 0.3 is 5.97 Å². The quantitative estimate of drug-likeness (QED) is 0.727. The molecule has 1 aromatic heterocycles. The summed E-state index contributed by atoms with van der Waals surface area (Å²) >= 11 is 0. The van der Waals surface area contributed by atoms with E-state index in [4.69, 9.17) is 5.11 Å². The van der Waals surface area contributed by atoms with Gasteiger partial charge in [-0.25, -0.2) is 4.79 Å². The molecular weight excluding hydrogens is 236 g/mol. The molecule has 18 heavy (non-hydrogen) atoms. The molecule has 1 rings (SSSR count). The molecular formula is C12H16N2O4. The van der Waals surface area contributed by atoms with Gasteiger partial charge in [-0.15, -0.1) is 0 Å². The number of hydrogen-bond acceptors (Lipinski definition) is 3. The molecule has 6 nitrogen and oxygen atoms in total. The van der Waals surface area contributed by atoms with Crippen LogP contribution < -0.4 is 10.9 Å². The number of carbonyl (C=O) groups excluding carboxylic acids is 1. The molecule has 0 aromatic carbocycles. The van der Waals surface area contributed by atoms with Crippen LogP contribution in [0.4, 0.5) is 0 Å². The molecule has 0 saturated heterocycles. The van der Waals surface area contributed by atoms with Crippen molar-refractivity contribution in [3.05, 3.63) is 33.7 Å². The summed E-state index contributed by atoms with van der Waals surface area (Å²) in [4.78, 5) is 36.8. The maximum atomic E-state index is 11.8.